The van der Waals surface area contributed by atoms with Crippen molar-refractivity contribution in [3.8, 4) is 0 Å². The van der Waals surface area contributed by atoms with Crippen LogP contribution in [-0.4, -0.2) is 7.05 Å². The second kappa shape index (κ2) is 7.68. The summed E-state index contributed by atoms with van der Waals surface area (Å²) in [6, 6.07) is 2.53. The maximum atomic E-state index is 14.3. The molecule has 118 valence electrons. The minimum atomic E-state index is -0.468. The smallest absolute Gasteiger partial charge is 0.145 e. The van der Waals surface area contributed by atoms with Gasteiger partial charge in [-0.2, -0.15) is 0 Å². The van der Waals surface area contributed by atoms with Crippen molar-refractivity contribution < 1.29 is 8.78 Å². The maximum absolute atomic E-state index is 14.3. The predicted octanol–water partition coefficient (Wildman–Crippen LogP) is 5.59. The van der Waals surface area contributed by atoms with E-state index in [1.165, 1.54) is 37.8 Å². The van der Waals surface area contributed by atoms with Crippen molar-refractivity contribution >= 4 is 15.9 Å². The van der Waals surface area contributed by atoms with Crippen LogP contribution in [0.3, 0.4) is 0 Å². The summed E-state index contributed by atoms with van der Waals surface area (Å²) < 4.78 is 28.8. The molecule has 4 heteroatoms. The zero-order valence-electron chi connectivity index (χ0n) is 12.8. The first-order valence-electron chi connectivity index (χ1n) is 7.89. The zero-order chi connectivity index (χ0) is 15.4. The molecule has 0 aliphatic heterocycles. The molecule has 1 unspecified atom stereocenters. The van der Waals surface area contributed by atoms with Gasteiger partial charge in [0, 0.05) is 11.6 Å². The summed E-state index contributed by atoms with van der Waals surface area (Å²) >= 11 is 3.16. The van der Waals surface area contributed by atoms with Crippen LogP contribution >= 0.6 is 15.9 Å². The Kier molecular flexibility index (Phi) is 6.18. The van der Waals surface area contributed by atoms with Crippen LogP contribution in [0.1, 0.15) is 57.1 Å². The normalized spacial score (nSPS) is 24.0. The van der Waals surface area contributed by atoms with Gasteiger partial charge in [-0.3, -0.25) is 0 Å². The van der Waals surface area contributed by atoms with Crippen LogP contribution in [0.4, 0.5) is 8.78 Å². The molecular weight excluding hydrogens is 336 g/mol. The Morgan fingerprint density at radius 3 is 2.48 bits per heavy atom. The standard InChI is InChI=1S/C17H24BrF2N/c1-3-4-11-5-7-12(8-6-11)17(21-2)15-14(19)10-9-13(18)16(15)20/h9-12,17,21H,3-8H2,1-2H3. The van der Waals surface area contributed by atoms with Crippen LogP contribution in [0.2, 0.25) is 0 Å². The van der Waals surface area contributed by atoms with E-state index in [0.29, 0.717) is 10.4 Å². The second-order valence-corrected chi connectivity index (χ2v) is 6.95. The molecule has 0 spiro atoms. The number of halogens is 3. The highest BCUT2D eigenvalue weighted by molar-refractivity contribution is 9.10. The van der Waals surface area contributed by atoms with Crippen molar-refractivity contribution in [3.05, 3.63) is 33.8 Å². The van der Waals surface area contributed by atoms with E-state index in [9.17, 15) is 8.78 Å². The monoisotopic (exact) mass is 359 g/mol. The fourth-order valence-electron chi connectivity index (χ4n) is 3.66. The lowest BCUT2D eigenvalue weighted by atomic mass is 9.75. The Hall–Kier alpha value is -0.480. The second-order valence-electron chi connectivity index (χ2n) is 6.09. The molecule has 1 nitrogen and oxygen atoms in total. The Bertz CT molecular complexity index is 470. The van der Waals surface area contributed by atoms with Gasteiger partial charge in [0.1, 0.15) is 11.6 Å². The van der Waals surface area contributed by atoms with Crippen LogP contribution in [0.5, 0.6) is 0 Å². The van der Waals surface area contributed by atoms with Gasteiger partial charge in [-0.1, -0.05) is 32.6 Å². The van der Waals surface area contributed by atoms with E-state index in [1.807, 2.05) is 0 Å². The molecule has 1 aromatic rings. The highest BCUT2D eigenvalue weighted by atomic mass is 79.9. The molecule has 0 saturated heterocycles. The SMILES string of the molecule is CCCC1CCC(C(NC)c2c(F)ccc(Br)c2F)CC1. The molecule has 21 heavy (non-hydrogen) atoms. The molecule has 0 radical (unpaired) electrons. The average molecular weight is 360 g/mol. The van der Waals surface area contributed by atoms with Gasteiger partial charge in [-0.15, -0.1) is 0 Å². The van der Waals surface area contributed by atoms with Gasteiger partial charge in [0.2, 0.25) is 0 Å². The van der Waals surface area contributed by atoms with Crippen molar-refractivity contribution in [2.75, 3.05) is 7.05 Å². The molecule has 1 N–H and O–H groups in total. The molecule has 1 aromatic carbocycles. The van der Waals surface area contributed by atoms with Crippen molar-refractivity contribution in [2.45, 2.75) is 51.5 Å². The summed E-state index contributed by atoms with van der Waals surface area (Å²) in [7, 11) is 1.79. The summed E-state index contributed by atoms with van der Waals surface area (Å²) in [5.74, 6) is 0.179. The van der Waals surface area contributed by atoms with Gasteiger partial charge in [0.25, 0.3) is 0 Å². The van der Waals surface area contributed by atoms with Crippen LogP contribution < -0.4 is 5.32 Å². The maximum Gasteiger partial charge on any atom is 0.145 e. The fourth-order valence-corrected chi connectivity index (χ4v) is 4.01. The third-order valence-corrected chi connectivity index (χ3v) is 5.37. The zero-order valence-corrected chi connectivity index (χ0v) is 14.3. The average Bonchev–Trinajstić information content (AvgIpc) is 2.49. The van der Waals surface area contributed by atoms with E-state index in [-0.39, 0.29) is 11.6 Å². The van der Waals surface area contributed by atoms with Crippen LogP contribution in [0, 0.1) is 23.5 Å². The van der Waals surface area contributed by atoms with E-state index in [4.69, 9.17) is 0 Å². The number of hydrogen-bond donors (Lipinski definition) is 1. The summed E-state index contributed by atoms with van der Waals surface area (Å²) in [5, 5.41) is 3.14. The largest absolute Gasteiger partial charge is 0.313 e. The minimum Gasteiger partial charge on any atom is -0.313 e. The molecule has 1 atom stereocenters. The Morgan fingerprint density at radius 2 is 1.90 bits per heavy atom. The van der Waals surface area contributed by atoms with Gasteiger partial charge < -0.3 is 5.32 Å². The lowest BCUT2D eigenvalue weighted by Crippen LogP contribution is -2.30. The van der Waals surface area contributed by atoms with Gasteiger partial charge >= 0.3 is 0 Å². The lowest BCUT2D eigenvalue weighted by Gasteiger charge is -2.34. The fraction of sp³-hybridized carbons (Fsp3) is 0.647. The number of rotatable bonds is 5. The Balaban J connectivity index is 2.16. The first-order valence-corrected chi connectivity index (χ1v) is 8.68. The van der Waals surface area contributed by atoms with Crippen LogP contribution in [0.25, 0.3) is 0 Å². The third kappa shape index (κ3) is 3.84. The van der Waals surface area contributed by atoms with Gasteiger partial charge in [0.05, 0.1) is 4.47 Å². The molecular formula is C17H24BrF2N. The first kappa shape index (κ1) is 16.9. The highest BCUT2D eigenvalue weighted by Crippen LogP contribution is 2.40. The molecule has 0 bridgehead atoms. The van der Waals surface area contributed by atoms with Crippen molar-refractivity contribution in [1.82, 2.24) is 5.32 Å². The van der Waals surface area contributed by atoms with E-state index >= 15 is 0 Å². The number of benzene rings is 1. The highest BCUT2D eigenvalue weighted by Gasteiger charge is 2.31. The quantitative estimate of drug-likeness (QED) is 0.675. The van der Waals surface area contributed by atoms with E-state index < -0.39 is 11.6 Å². The summed E-state index contributed by atoms with van der Waals surface area (Å²) in [4.78, 5) is 0. The molecule has 0 aromatic heterocycles. The topological polar surface area (TPSA) is 12.0 Å². The van der Waals surface area contributed by atoms with Crippen molar-refractivity contribution in [2.24, 2.45) is 11.8 Å². The molecule has 1 saturated carbocycles. The summed E-state index contributed by atoms with van der Waals surface area (Å²) in [6.45, 7) is 2.22. The van der Waals surface area contributed by atoms with Crippen LogP contribution in [-0.2, 0) is 0 Å². The molecule has 2 rings (SSSR count). The molecule has 1 aliphatic carbocycles. The van der Waals surface area contributed by atoms with Crippen LogP contribution in [0.15, 0.2) is 16.6 Å². The van der Waals surface area contributed by atoms with Gasteiger partial charge in [0.15, 0.2) is 0 Å². The Labute approximate surface area is 134 Å². The van der Waals surface area contributed by atoms with E-state index in [0.717, 1.165) is 18.8 Å². The molecule has 0 amide bonds. The van der Waals surface area contributed by atoms with Crippen molar-refractivity contribution in [1.29, 1.82) is 0 Å². The van der Waals surface area contributed by atoms with E-state index in [2.05, 4.69) is 28.2 Å². The Morgan fingerprint density at radius 1 is 1.24 bits per heavy atom. The third-order valence-electron chi connectivity index (χ3n) is 4.76. The number of hydrogen-bond acceptors (Lipinski definition) is 1. The molecule has 0 heterocycles. The van der Waals surface area contributed by atoms with Crippen molar-refractivity contribution in [3.63, 3.8) is 0 Å². The minimum absolute atomic E-state index is 0.186. The van der Waals surface area contributed by atoms with E-state index in [1.54, 1.807) is 7.05 Å². The summed E-state index contributed by atoms with van der Waals surface area (Å²) in [5.41, 5.74) is 0.186. The molecule has 1 aliphatic rings. The first-order chi connectivity index (χ1) is 10.1. The van der Waals surface area contributed by atoms with Gasteiger partial charge in [-0.05, 0) is 59.8 Å². The number of nitrogens with one attached hydrogen (secondary N) is 1. The lowest BCUT2D eigenvalue weighted by molar-refractivity contribution is 0.214. The molecule has 1 fully saturated rings. The summed E-state index contributed by atoms with van der Waals surface area (Å²) in [6.07, 6.45) is 6.93. The predicted molar refractivity (Wildman–Crippen MR) is 86.2 cm³/mol. The van der Waals surface area contributed by atoms with Gasteiger partial charge in [-0.25, -0.2) is 8.78 Å².